The Balaban J connectivity index is 1.68. The van der Waals surface area contributed by atoms with E-state index in [0.29, 0.717) is 29.0 Å². The van der Waals surface area contributed by atoms with Crippen LogP contribution in [0.2, 0.25) is 0 Å². The standard InChI is InChI=1S/C18H31N3/c1-17(2)10-14(11-18(3,4)12-17)20-15-6-5-7-16(15)21-9-8-19-13-21/h8-9,13-16,20H,5-7,10-12H2,1-4H3. The largest absolute Gasteiger partial charge is 0.333 e. The van der Waals surface area contributed by atoms with Crippen LogP contribution in [0, 0.1) is 10.8 Å². The highest BCUT2D eigenvalue weighted by Crippen LogP contribution is 2.46. The van der Waals surface area contributed by atoms with Gasteiger partial charge in [-0.2, -0.15) is 0 Å². The van der Waals surface area contributed by atoms with Crippen molar-refractivity contribution in [2.75, 3.05) is 0 Å². The van der Waals surface area contributed by atoms with Crippen molar-refractivity contribution in [1.29, 1.82) is 0 Å². The smallest absolute Gasteiger partial charge is 0.0949 e. The summed E-state index contributed by atoms with van der Waals surface area (Å²) in [6, 6.07) is 1.88. The molecule has 3 rings (SSSR count). The molecule has 2 saturated carbocycles. The first-order valence-corrected chi connectivity index (χ1v) is 8.58. The van der Waals surface area contributed by atoms with Crippen molar-refractivity contribution in [3.63, 3.8) is 0 Å². The van der Waals surface area contributed by atoms with E-state index in [9.17, 15) is 0 Å². The van der Waals surface area contributed by atoms with Crippen LogP contribution in [-0.2, 0) is 0 Å². The van der Waals surface area contributed by atoms with Gasteiger partial charge in [0.25, 0.3) is 0 Å². The lowest BCUT2D eigenvalue weighted by Gasteiger charge is -2.46. The highest BCUT2D eigenvalue weighted by Gasteiger charge is 2.40. The fourth-order valence-electron chi connectivity index (χ4n) is 5.22. The van der Waals surface area contributed by atoms with Crippen LogP contribution in [0.25, 0.3) is 0 Å². The van der Waals surface area contributed by atoms with Gasteiger partial charge in [-0.15, -0.1) is 0 Å². The van der Waals surface area contributed by atoms with Gasteiger partial charge in [-0.25, -0.2) is 4.98 Å². The molecular weight excluding hydrogens is 258 g/mol. The molecule has 1 N–H and O–H groups in total. The van der Waals surface area contributed by atoms with E-state index in [1.165, 1.54) is 38.5 Å². The minimum Gasteiger partial charge on any atom is -0.333 e. The maximum Gasteiger partial charge on any atom is 0.0949 e. The van der Waals surface area contributed by atoms with Crippen LogP contribution >= 0.6 is 0 Å². The molecule has 1 aromatic heterocycles. The number of hydrogen-bond donors (Lipinski definition) is 1. The molecule has 118 valence electrons. The molecule has 2 fully saturated rings. The number of aromatic nitrogens is 2. The third-order valence-corrected chi connectivity index (χ3v) is 5.39. The highest BCUT2D eigenvalue weighted by molar-refractivity contribution is 4.97. The zero-order valence-electron chi connectivity index (χ0n) is 14.1. The van der Waals surface area contributed by atoms with Crippen LogP contribution in [0.3, 0.4) is 0 Å². The Morgan fingerprint density at radius 3 is 2.43 bits per heavy atom. The SMILES string of the molecule is CC1(C)CC(NC2CCCC2n2ccnc2)CC(C)(C)C1. The van der Waals surface area contributed by atoms with Gasteiger partial charge in [0.05, 0.1) is 6.33 Å². The summed E-state index contributed by atoms with van der Waals surface area (Å²) >= 11 is 0. The number of rotatable bonds is 3. The molecule has 0 saturated heterocycles. The van der Waals surface area contributed by atoms with Crippen LogP contribution in [0.1, 0.15) is 72.3 Å². The van der Waals surface area contributed by atoms with Crippen molar-refractivity contribution in [3.8, 4) is 0 Å². The zero-order valence-corrected chi connectivity index (χ0v) is 14.1. The van der Waals surface area contributed by atoms with Gasteiger partial charge in [-0.05, 0) is 49.4 Å². The Labute approximate surface area is 129 Å². The highest BCUT2D eigenvalue weighted by atomic mass is 15.1. The maximum absolute atomic E-state index is 4.23. The van der Waals surface area contributed by atoms with E-state index in [0.717, 1.165) is 0 Å². The molecule has 0 aliphatic heterocycles. The van der Waals surface area contributed by atoms with Crippen LogP contribution in [0.15, 0.2) is 18.7 Å². The summed E-state index contributed by atoms with van der Waals surface area (Å²) in [4.78, 5) is 4.23. The molecule has 2 aliphatic carbocycles. The molecule has 3 heteroatoms. The van der Waals surface area contributed by atoms with Gasteiger partial charge in [0.1, 0.15) is 0 Å². The molecule has 3 nitrogen and oxygen atoms in total. The van der Waals surface area contributed by atoms with Crippen molar-refractivity contribution in [2.24, 2.45) is 10.8 Å². The van der Waals surface area contributed by atoms with E-state index in [1.807, 2.05) is 12.5 Å². The second-order valence-electron chi connectivity index (χ2n) is 8.89. The van der Waals surface area contributed by atoms with E-state index < -0.39 is 0 Å². The molecule has 21 heavy (non-hydrogen) atoms. The van der Waals surface area contributed by atoms with Crippen LogP contribution in [-0.4, -0.2) is 21.6 Å². The molecule has 1 aromatic rings. The van der Waals surface area contributed by atoms with Crippen LogP contribution in [0.4, 0.5) is 0 Å². The number of nitrogens with zero attached hydrogens (tertiary/aromatic N) is 2. The van der Waals surface area contributed by atoms with Gasteiger partial charge in [0.15, 0.2) is 0 Å². The Bertz CT molecular complexity index is 445. The molecule has 0 aromatic carbocycles. The number of hydrogen-bond acceptors (Lipinski definition) is 2. The van der Waals surface area contributed by atoms with Gasteiger partial charge >= 0.3 is 0 Å². The van der Waals surface area contributed by atoms with Crippen molar-refractivity contribution in [1.82, 2.24) is 14.9 Å². The Hall–Kier alpha value is -0.830. The molecule has 0 amide bonds. The molecular formula is C18H31N3. The topological polar surface area (TPSA) is 29.9 Å². The van der Waals surface area contributed by atoms with Crippen molar-refractivity contribution in [3.05, 3.63) is 18.7 Å². The molecule has 2 atom stereocenters. The third kappa shape index (κ3) is 3.50. The van der Waals surface area contributed by atoms with E-state index in [4.69, 9.17) is 0 Å². The summed E-state index contributed by atoms with van der Waals surface area (Å²) in [6.45, 7) is 9.74. The lowest BCUT2D eigenvalue weighted by atomic mass is 9.63. The first kappa shape index (κ1) is 15.1. The molecule has 2 aliphatic rings. The predicted molar refractivity (Wildman–Crippen MR) is 87.2 cm³/mol. The van der Waals surface area contributed by atoms with E-state index in [2.05, 4.69) is 48.8 Å². The van der Waals surface area contributed by atoms with Gasteiger partial charge in [-0.3, -0.25) is 0 Å². The first-order chi connectivity index (χ1) is 9.85. The average Bonchev–Trinajstić information content (AvgIpc) is 2.93. The molecule has 0 radical (unpaired) electrons. The van der Waals surface area contributed by atoms with E-state index >= 15 is 0 Å². The monoisotopic (exact) mass is 289 g/mol. The summed E-state index contributed by atoms with van der Waals surface area (Å²) in [5, 5.41) is 4.02. The Morgan fingerprint density at radius 2 is 1.81 bits per heavy atom. The molecule has 0 spiro atoms. The molecule has 1 heterocycles. The lowest BCUT2D eigenvalue weighted by molar-refractivity contribution is 0.0780. The lowest BCUT2D eigenvalue weighted by Crippen LogP contribution is -2.48. The summed E-state index contributed by atoms with van der Waals surface area (Å²) in [5.74, 6) is 0. The molecule has 2 unspecified atom stereocenters. The first-order valence-electron chi connectivity index (χ1n) is 8.58. The van der Waals surface area contributed by atoms with E-state index in [1.54, 1.807) is 0 Å². The summed E-state index contributed by atoms with van der Waals surface area (Å²) in [6.07, 6.45) is 13.9. The normalized spacial score (nSPS) is 32.4. The predicted octanol–water partition coefficient (Wildman–Crippen LogP) is 4.17. The van der Waals surface area contributed by atoms with Crippen molar-refractivity contribution < 1.29 is 0 Å². The Kier molecular flexibility index (Phi) is 3.89. The molecule has 0 bridgehead atoms. The summed E-state index contributed by atoms with van der Waals surface area (Å²) in [7, 11) is 0. The van der Waals surface area contributed by atoms with Crippen LogP contribution in [0.5, 0.6) is 0 Å². The second-order valence-corrected chi connectivity index (χ2v) is 8.89. The maximum atomic E-state index is 4.23. The fraction of sp³-hybridized carbons (Fsp3) is 0.833. The second kappa shape index (κ2) is 5.42. The summed E-state index contributed by atoms with van der Waals surface area (Å²) in [5.41, 5.74) is 0.922. The minimum atomic E-state index is 0.461. The quantitative estimate of drug-likeness (QED) is 0.905. The summed E-state index contributed by atoms with van der Waals surface area (Å²) < 4.78 is 2.31. The van der Waals surface area contributed by atoms with Crippen LogP contribution < -0.4 is 5.32 Å². The number of imidazole rings is 1. The average molecular weight is 289 g/mol. The van der Waals surface area contributed by atoms with Gasteiger partial charge < -0.3 is 9.88 Å². The van der Waals surface area contributed by atoms with Crippen molar-refractivity contribution >= 4 is 0 Å². The van der Waals surface area contributed by atoms with Gasteiger partial charge in [0, 0.05) is 30.5 Å². The van der Waals surface area contributed by atoms with Gasteiger partial charge in [0.2, 0.25) is 0 Å². The fourth-order valence-corrected chi connectivity index (χ4v) is 5.22. The minimum absolute atomic E-state index is 0.461. The van der Waals surface area contributed by atoms with Crippen molar-refractivity contribution in [2.45, 2.75) is 84.3 Å². The Morgan fingerprint density at radius 1 is 1.10 bits per heavy atom. The van der Waals surface area contributed by atoms with E-state index in [-0.39, 0.29) is 0 Å². The third-order valence-electron chi connectivity index (χ3n) is 5.39. The number of nitrogens with one attached hydrogen (secondary N) is 1. The zero-order chi connectivity index (χ0) is 15.1. The van der Waals surface area contributed by atoms with Gasteiger partial charge in [-0.1, -0.05) is 27.7 Å².